The Morgan fingerprint density at radius 3 is 2.33 bits per heavy atom. The predicted molar refractivity (Wildman–Crippen MR) is 57.6 cm³/mol. The van der Waals surface area contributed by atoms with Crippen LogP contribution in [0.2, 0.25) is 0 Å². The number of imide groups is 1. The molecule has 1 aliphatic heterocycles. The summed E-state index contributed by atoms with van der Waals surface area (Å²) in [4.78, 5) is 23.8. The van der Waals surface area contributed by atoms with E-state index < -0.39 is 36.1 Å². The van der Waals surface area contributed by atoms with E-state index in [-0.39, 0.29) is 17.9 Å². The first-order valence-electron chi connectivity index (χ1n) is 5.60. The van der Waals surface area contributed by atoms with Gasteiger partial charge >= 0.3 is 12.2 Å². The lowest BCUT2D eigenvalue weighted by molar-refractivity contribution is -0.182. The number of carbonyl (C=O) groups is 2. The molecular formula is C10H16F3N3O2. The van der Waals surface area contributed by atoms with Crippen LogP contribution in [0.4, 0.5) is 18.0 Å². The Kier molecular flexibility index (Phi) is 3.89. The Hall–Kier alpha value is -1.31. The van der Waals surface area contributed by atoms with Gasteiger partial charge in [-0.1, -0.05) is 6.92 Å². The van der Waals surface area contributed by atoms with Gasteiger partial charge in [-0.05, 0) is 26.3 Å². The monoisotopic (exact) mass is 267 g/mol. The van der Waals surface area contributed by atoms with Crippen LogP contribution in [0.25, 0.3) is 0 Å². The minimum Gasteiger partial charge on any atom is -0.330 e. The fraction of sp³-hybridized carbons (Fsp3) is 0.800. The number of hydrogen-bond acceptors (Lipinski definition) is 3. The second kappa shape index (κ2) is 4.75. The van der Waals surface area contributed by atoms with E-state index in [4.69, 9.17) is 5.73 Å². The molecule has 0 radical (unpaired) electrons. The van der Waals surface area contributed by atoms with Gasteiger partial charge < -0.3 is 11.1 Å². The maximum atomic E-state index is 12.8. The molecule has 3 N–H and O–H groups in total. The summed E-state index contributed by atoms with van der Waals surface area (Å²) in [6.45, 7) is 2.76. The van der Waals surface area contributed by atoms with Crippen LogP contribution < -0.4 is 11.1 Å². The maximum absolute atomic E-state index is 12.8. The van der Waals surface area contributed by atoms with Gasteiger partial charge in [-0.3, -0.25) is 4.79 Å². The highest BCUT2D eigenvalue weighted by molar-refractivity contribution is 6.07. The minimum absolute atomic E-state index is 0.223. The zero-order chi connectivity index (χ0) is 14.1. The molecule has 104 valence electrons. The second-order valence-corrected chi connectivity index (χ2v) is 4.43. The normalized spacial score (nSPS) is 26.4. The quantitative estimate of drug-likeness (QED) is 0.746. The lowest BCUT2D eigenvalue weighted by Gasteiger charge is -2.28. The number of amides is 3. The van der Waals surface area contributed by atoms with Crippen molar-refractivity contribution in [2.45, 2.75) is 44.4 Å². The third-order valence-corrected chi connectivity index (χ3v) is 3.13. The molecule has 2 unspecified atom stereocenters. The van der Waals surface area contributed by atoms with Gasteiger partial charge in [0.05, 0.1) is 0 Å². The third-order valence-electron chi connectivity index (χ3n) is 3.13. The molecule has 5 nitrogen and oxygen atoms in total. The summed E-state index contributed by atoms with van der Waals surface area (Å²) in [6.07, 6.45) is -4.95. The highest BCUT2D eigenvalue weighted by Crippen LogP contribution is 2.32. The predicted octanol–water partition coefficient (Wildman–Crippen LogP) is 0.987. The summed E-state index contributed by atoms with van der Waals surface area (Å²) in [5.74, 6) is -0.856. The molecular weight excluding hydrogens is 251 g/mol. The van der Waals surface area contributed by atoms with Crippen molar-refractivity contribution >= 4 is 11.9 Å². The van der Waals surface area contributed by atoms with Crippen molar-refractivity contribution in [3.8, 4) is 0 Å². The van der Waals surface area contributed by atoms with Crippen LogP contribution in [0.3, 0.4) is 0 Å². The number of alkyl halides is 3. The van der Waals surface area contributed by atoms with Crippen LogP contribution in [0, 0.1) is 0 Å². The first kappa shape index (κ1) is 14.7. The van der Waals surface area contributed by atoms with Gasteiger partial charge in [0.1, 0.15) is 11.6 Å². The molecule has 0 aliphatic carbocycles. The van der Waals surface area contributed by atoms with E-state index in [9.17, 15) is 22.8 Å². The summed E-state index contributed by atoms with van der Waals surface area (Å²) in [6, 6.07) is -3.18. The van der Waals surface area contributed by atoms with Crippen LogP contribution in [-0.2, 0) is 4.79 Å². The number of hydrogen-bond donors (Lipinski definition) is 2. The van der Waals surface area contributed by atoms with E-state index in [2.05, 4.69) is 5.32 Å². The first-order chi connectivity index (χ1) is 8.17. The molecule has 0 saturated carbocycles. The van der Waals surface area contributed by atoms with Crippen molar-refractivity contribution < 1.29 is 22.8 Å². The number of nitrogens with one attached hydrogen (secondary N) is 1. The second-order valence-electron chi connectivity index (χ2n) is 4.43. The lowest BCUT2D eigenvalue weighted by atomic mass is 9.98. The summed E-state index contributed by atoms with van der Waals surface area (Å²) >= 11 is 0. The Morgan fingerprint density at radius 1 is 1.44 bits per heavy atom. The van der Waals surface area contributed by atoms with Crippen molar-refractivity contribution in [2.24, 2.45) is 5.73 Å². The summed E-state index contributed by atoms with van der Waals surface area (Å²) in [7, 11) is 0. The Balaban J connectivity index is 3.07. The molecule has 1 heterocycles. The number of urea groups is 1. The average molecular weight is 267 g/mol. The Labute approximate surface area is 102 Å². The topological polar surface area (TPSA) is 75.4 Å². The van der Waals surface area contributed by atoms with Gasteiger partial charge in [0.15, 0.2) is 0 Å². The zero-order valence-corrected chi connectivity index (χ0v) is 10.2. The fourth-order valence-corrected chi connectivity index (χ4v) is 1.83. The van der Waals surface area contributed by atoms with Gasteiger partial charge in [0, 0.05) is 0 Å². The van der Waals surface area contributed by atoms with Crippen LogP contribution in [0.5, 0.6) is 0 Å². The van der Waals surface area contributed by atoms with E-state index in [0.717, 1.165) is 0 Å². The average Bonchev–Trinajstić information content (AvgIpc) is 2.47. The summed E-state index contributed by atoms with van der Waals surface area (Å²) in [5, 5.41) is 2.29. The molecule has 2 atom stereocenters. The molecule has 18 heavy (non-hydrogen) atoms. The van der Waals surface area contributed by atoms with Gasteiger partial charge in [-0.15, -0.1) is 0 Å². The number of carbonyl (C=O) groups excluding carboxylic acids is 2. The first-order valence-corrected chi connectivity index (χ1v) is 5.60. The molecule has 1 fully saturated rings. The van der Waals surface area contributed by atoms with Crippen molar-refractivity contribution in [3.05, 3.63) is 0 Å². The molecule has 3 amide bonds. The molecule has 0 spiro atoms. The minimum atomic E-state index is -4.68. The summed E-state index contributed by atoms with van der Waals surface area (Å²) < 4.78 is 38.5. The Bertz CT molecular complexity index is 359. The van der Waals surface area contributed by atoms with E-state index in [0.29, 0.717) is 0 Å². The van der Waals surface area contributed by atoms with Crippen LogP contribution in [-0.4, -0.2) is 41.1 Å². The number of nitrogens with zero attached hydrogens (tertiary/aromatic N) is 1. The maximum Gasteiger partial charge on any atom is 0.409 e. The van der Waals surface area contributed by atoms with Gasteiger partial charge in [-0.2, -0.15) is 13.2 Å². The Morgan fingerprint density at radius 2 is 2.00 bits per heavy atom. The molecule has 0 aromatic rings. The van der Waals surface area contributed by atoms with Gasteiger partial charge in [0.25, 0.3) is 5.91 Å². The van der Waals surface area contributed by atoms with Gasteiger partial charge in [-0.25, -0.2) is 9.69 Å². The van der Waals surface area contributed by atoms with E-state index >= 15 is 0 Å². The van der Waals surface area contributed by atoms with E-state index in [1.807, 2.05) is 0 Å². The molecule has 0 bridgehead atoms. The number of nitrogens with two attached hydrogens (primary N) is 1. The van der Waals surface area contributed by atoms with Crippen molar-refractivity contribution in [1.29, 1.82) is 0 Å². The molecule has 0 aromatic heterocycles. The smallest absolute Gasteiger partial charge is 0.330 e. The van der Waals surface area contributed by atoms with E-state index in [1.165, 1.54) is 6.92 Å². The highest BCUT2D eigenvalue weighted by Gasteiger charge is 2.55. The van der Waals surface area contributed by atoms with Crippen LogP contribution in [0.1, 0.15) is 26.7 Å². The molecule has 1 aliphatic rings. The number of rotatable bonds is 4. The molecule has 1 rings (SSSR count). The summed E-state index contributed by atoms with van der Waals surface area (Å²) in [5.41, 5.74) is 3.85. The zero-order valence-electron chi connectivity index (χ0n) is 10.2. The van der Waals surface area contributed by atoms with Crippen molar-refractivity contribution in [2.75, 3.05) is 6.54 Å². The van der Waals surface area contributed by atoms with Crippen molar-refractivity contribution in [3.63, 3.8) is 0 Å². The van der Waals surface area contributed by atoms with Gasteiger partial charge in [0.2, 0.25) is 0 Å². The molecule has 1 saturated heterocycles. The molecule has 0 aromatic carbocycles. The SMILES string of the molecule is CCC1(C)NC(=O)N(C(CCN)C(F)(F)F)C1=O. The largest absolute Gasteiger partial charge is 0.409 e. The standard InChI is InChI=1S/C10H16F3N3O2/c1-3-9(2)7(17)16(8(18)15-9)6(4-5-14)10(11,12)13/h6H,3-5,14H2,1-2H3,(H,15,18). The van der Waals surface area contributed by atoms with E-state index in [1.54, 1.807) is 6.92 Å². The van der Waals surface area contributed by atoms with Crippen LogP contribution >= 0.6 is 0 Å². The number of halogens is 3. The third kappa shape index (κ3) is 2.43. The highest BCUT2D eigenvalue weighted by atomic mass is 19.4. The lowest BCUT2D eigenvalue weighted by Crippen LogP contribution is -2.51. The fourth-order valence-electron chi connectivity index (χ4n) is 1.83. The molecule has 8 heteroatoms. The van der Waals surface area contributed by atoms with Crippen molar-refractivity contribution in [1.82, 2.24) is 10.2 Å². The van der Waals surface area contributed by atoms with Crippen LogP contribution in [0.15, 0.2) is 0 Å².